The lowest BCUT2D eigenvalue weighted by atomic mass is 9.66. The van der Waals surface area contributed by atoms with Crippen molar-refractivity contribution in [2.75, 3.05) is 7.11 Å². The van der Waals surface area contributed by atoms with Gasteiger partial charge in [0.2, 0.25) is 0 Å². The van der Waals surface area contributed by atoms with E-state index >= 15 is 0 Å². The smallest absolute Gasteiger partial charge is 0.154 e. The van der Waals surface area contributed by atoms with Gasteiger partial charge in [-0.25, -0.2) is 0 Å². The van der Waals surface area contributed by atoms with Crippen LogP contribution >= 0.6 is 11.6 Å². The number of benzene rings is 1. The highest BCUT2D eigenvalue weighted by Gasteiger charge is 2.54. The zero-order valence-corrected chi connectivity index (χ0v) is 13.0. The topological polar surface area (TPSA) is 26.3 Å². The van der Waals surface area contributed by atoms with E-state index in [1.807, 2.05) is 6.07 Å². The molecule has 2 nitrogen and oxygen atoms in total. The predicted octanol–water partition coefficient (Wildman–Crippen LogP) is 4.00. The number of ketones is 1. The third-order valence-electron chi connectivity index (χ3n) is 5.59. The molecule has 0 amide bonds. The number of carbonyl (C=O) groups is 1. The standard InChI is InChI=1S/C18H19ClO2/c1-21-12-3-5-13-11(10-12)2-4-15-14(13)8-9-18(19)16(15)6-7-17(18)20/h3,5,8,10,15-16H,2,4,6-7,9H2,1H3/t15-,16-,18-/m0/s1. The van der Waals surface area contributed by atoms with Crippen LogP contribution in [0.15, 0.2) is 24.3 Å². The summed E-state index contributed by atoms with van der Waals surface area (Å²) in [5.41, 5.74) is 4.11. The summed E-state index contributed by atoms with van der Waals surface area (Å²) in [6, 6.07) is 6.35. The summed E-state index contributed by atoms with van der Waals surface area (Å²) in [6.45, 7) is 0. The first kappa shape index (κ1) is 13.4. The highest BCUT2D eigenvalue weighted by atomic mass is 35.5. The minimum absolute atomic E-state index is 0.255. The zero-order valence-electron chi connectivity index (χ0n) is 12.2. The Morgan fingerprint density at radius 2 is 2.14 bits per heavy atom. The van der Waals surface area contributed by atoms with Crippen molar-refractivity contribution < 1.29 is 9.53 Å². The summed E-state index contributed by atoms with van der Waals surface area (Å²) in [5.74, 6) is 1.95. The van der Waals surface area contributed by atoms with E-state index < -0.39 is 4.87 Å². The van der Waals surface area contributed by atoms with Gasteiger partial charge in [0, 0.05) is 6.42 Å². The van der Waals surface area contributed by atoms with Gasteiger partial charge in [-0.1, -0.05) is 12.1 Å². The minimum atomic E-state index is -0.613. The zero-order chi connectivity index (χ0) is 14.6. The molecule has 0 aliphatic heterocycles. The number of Topliss-reactive ketones (excluding diaryl/α,β-unsaturated/α-hetero) is 1. The van der Waals surface area contributed by atoms with Crippen LogP contribution in [0.5, 0.6) is 5.75 Å². The molecular weight excluding hydrogens is 284 g/mol. The number of ether oxygens (including phenoxy) is 1. The van der Waals surface area contributed by atoms with Crippen molar-refractivity contribution in [2.45, 2.75) is 37.0 Å². The van der Waals surface area contributed by atoms with Crippen molar-refractivity contribution in [1.82, 2.24) is 0 Å². The van der Waals surface area contributed by atoms with Crippen molar-refractivity contribution >= 4 is 23.0 Å². The van der Waals surface area contributed by atoms with Gasteiger partial charge in [-0.2, -0.15) is 0 Å². The molecule has 3 heteroatoms. The number of allylic oxidation sites excluding steroid dienone is 2. The molecule has 0 spiro atoms. The van der Waals surface area contributed by atoms with Gasteiger partial charge in [0.15, 0.2) is 5.78 Å². The summed E-state index contributed by atoms with van der Waals surface area (Å²) in [4.78, 5) is 11.5. The Kier molecular flexibility index (Phi) is 2.94. The van der Waals surface area contributed by atoms with Gasteiger partial charge < -0.3 is 4.74 Å². The van der Waals surface area contributed by atoms with E-state index in [0.29, 0.717) is 24.7 Å². The fourth-order valence-corrected chi connectivity index (χ4v) is 4.94. The van der Waals surface area contributed by atoms with Crippen LogP contribution in [-0.2, 0) is 11.2 Å². The van der Waals surface area contributed by atoms with Gasteiger partial charge in [0.25, 0.3) is 0 Å². The highest BCUT2D eigenvalue weighted by molar-refractivity contribution is 6.36. The lowest BCUT2D eigenvalue weighted by Crippen LogP contribution is -2.41. The summed E-state index contributed by atoms with van der Waals surface area (Å²) in [5, 5.41) is 0. The summed E-state index contributed by atoms with van der Waals surface area (Å²) in [7, 11) is 1.71. The van der Waals surface area contributed by atoms with Crippen LogP contribution in [0.2, 0.25) is 0 Å². The van der Waals surface area contributed by atoms with E-state index in [-0.39, 0.29) is 5.78 Å². The average Bonchev–Trinajstić information content (AvgIpc) is 2.82. The number of alkyl halides is 1. The minimum Gasteiger partial charge on any atom is -0.497 e. The average molecular weight is 303 g/mol. The summed E-state index contributed by atoms with van der Waals surface area (Å²) >= 11 is 6.70. The van der Waals surface area contributed by atoms with Gasteiger partial charge in [-0.3, -0.25) is 4.79 Å². The molecular formula is C18H19ClO2. The number of fused-ring (bicyclic) bond motifs is 5. The van der Waals surface area contributed by atoms with Crippen molar-refractivity contribution in [2.24, 2.45) is 11.8 Å². The van der Waals surface area contributed by atoms with Gasteiger partial charge in [-0.15, -0.1) is 11.6 Å². The summed E-state index contributed by atoms with van der Waals surface area (Å²) < 4.78 is 5.33. The fourth-order valence-electron chi connectivity index (χ4n) is 4.50. The molecule has 1 aromatic carbocycles. The van der Waals surface area contributed by atoms with Crippen LogP contribution < -0.4 is 4.74 Å². The van der Waals surface area contributed by atoms with Gasteiger partial charge in [0.1, 0.15) is 10.6 Å². The first-order chi connectivity index (χ1) is 10.1. The SMILES string of the molecule is COc1ccc2c(c1)CC[C@H]1C2=CC[C@@]2(Cl)C(=O)CC[C@@H]12. The molecule has 1 fully saturated rings. The molecule has 3 atom stereocenters. The van der Waals surface area contributed by atoms with Crippen LogP contribution in [-0.4, -0.2) is 17.8 Å². The number of aryl methyl sites for hydroxylation is 1. The quantitative estimate of drug-likeness (QED) is 0.733. The number of hydrogen-bond acceptors (Lipinski definition) is 2. The van der Waals surface area contributed by atoms with Crippen molar-refractivity contribution in [1.29, 1.82) is 0 Å². The molecule has 0 aromatic heterocycles. The van der Waals surface area contributed by atoms with Gasteiger partial charge in [0.05, 0.1) is 7.11 Å². The highest BCUT2D eigenvalue weighted by Crippen LogP contribution is 2.55. The Morgan fingerprint density at radius 3 is 2.95 bits per heavy atom. The lowest BCUT2D eigenvalue weighted by molar-refractivity contribution is -0.120. The molecule has 21 heavy (non-hydrogen) atoms. The Bertz CT molecular complexity index is 649. The maximum absolute atomic E-state index is 12.2. The number of halogens is 1. The van der Waals surface area contributed by atoms with Crippen molar-refractivity contribution in [3.63, 3.8) is 0 Å². The number of hydrogen-bond donors (Lipinski definition) is 0. The van der Waals surface area contributed by atoms with E-state index in [9.17, 15) is 4.79 Å². The first-order valence-corrected chi connectivity index (χ1v) is 8.11. The Morgan fingerprint density at radius 1 is 1.29 bits per heavy atom. The molecule has 3 aliphatic rings. The first-order valence-electron chi connectivity index (χ1n) is 7.73. The van der Waals surface area contributed by atoms with Crippen LogP contribution in [0.25, 0.3) is 5.57 Å². The van der Waals surface area contributed by atoms with Crippen LogP contribution in [0.1, 0.15) is 36.8 Å². The van der Waals surface area contributed by atoms with E-state index in [2.05, 4.69) is 18.2 Å². The van der Waals surface area contributed by atoms with Crippen molar-refractivity contribution in [3.8, 4) is 5.75 Å². The van der Waals surface area contributed by atoms with Crippen LogP contribution in [0.4, 0.5) is 0 Å². The molecule has 0 N–H and O–H groups in total. The van der Waals surface area contributed by atoms with Gasteiger partial charge in [-0.05, 0) is 66.4 Å². The number of rotatable bonds is 1. The third-order valence-corrected chi connectivity index (χ3v) is 6.23. The maximum atomic E-state index is 12.2. The van der Waals surface area contributed by atoms with Crippen LogP contribution in [0.3, 0.4) is 0 Å². The molecule has 0 saturated heterocycles. The molecule has 1 saturated carbocycles. The predicted molar refractivity (Wildman–Crippen MR) is 83.7 cm³/mol. The number of carbonyl (C=O) groups excluding carboxylic acids is 1. The molecule has 0 bridgehead atoms. The second-order valence-corrected chi connectivity index (χ2v) is 7.14. The Hall–Kier alpha value is -1.28. The van der Waals surface area contributed by atoms with Gasteiger partial charge >= 0.3 is 0 Å². The number of methoxy groups -OCH3 is 1. The largest absolute Gasteiger partial charge is 0.497 e. The molecule has 3 aliphatic carbocycles. The second kappa shape index (κ2) is 4.61. The summed E-state index contributed by atoms with van der Waals surface area (Å²) in [6.07, 6.45) is 6.67. The lowest BCUT2D eigenvalue weighted by Gasteiger charge is -2.42. The maximum Gasteiger partial charge on any atom is 0.154 e. The molecule has 0 heterocycles. The molecule has 0 radical (unpaired) electrons. The normalized spacial score (nSPS) is 33.8. The third kappa shape index (κ3) is 1.81. The Labute approximate surface area is 130 Å². The van der Waals surface area contributed by atoms with Crippen LogP contribution in [0, 0.1) is 11.8 Å². The molecule has 1 aromatic rings. The molecule has 110 valence electrons. The second-order valence-electron chi connectivity index (χ2n) is 6.46. The van der Waals surface area contributed by atoms with E-state index in [1.54, 1.807) is 7.11 Å². The Balaban J connectivity index is 1.78. The monoisotopic (exact) mass is 302 g/mol. The van der Waals surface area contributed by atoms with E-state index in [1.165, 1.54) is 16.7 Å². The van der Waals surface area contributed by atoms with Crippen molar-refractivity contribution in [3.05, 3.63) is 35.4 Å². The molecule has 0 unspecified atom stereocenters. The van der Waals surface area contributed by atoms with E-state index in [4.69, 9.17) is 16.3 Å². The van der Waals surface area contributed by atoms with E-state index in [0.717, 1.165) is 25.0 Å². The fraction of sp³-hybridized carbons (Fsp3) is 0.500. The molecule has 4 rings (SSSR count).